The summed E-state index contributed by atoms with van der Waals surface area (Å²) < 4.78 is 11.3. The molecular formula is C31H25O5P. The van der Waals surface area contributed by atoms with Crippen LogP contribution in [0.15, 0.2) is 127 Å². The molecule has 184 valence electrons. The van der Waals surface area contributed by atoms with Crippen LogP contribution in [0.2, 0.25) is 0 Å². The Morgan fingerprint density at radius 1 is 0.730 bits per heavy atom. The first-order valence-corrected chi connectivity index (χ1v) is 13.6. The van der Waals surface area contributed by atoms with Gasteiger partial charge in [0.25, 0.3) is 0 Å². The van der Waals surface area contributed by atoms with Crippen molar-refractivity contribution < 1.29 is 24.2 Å². The van der Waals surface area contributed by atoms with Crippen molar-refractivity contribution in [3.8, 4) is 0 Å². The molecule has 1 N–H and O–H groups in total. The van der Waals surface area contributed by atoms with Crippen molar-refractivity contribution in [3.05, 3.63) is 133 Å². The Hall–Kier alpha value is -4.18. The van der Waals surface area contributed by atoms with E-state index < -0.39 is 24.4 Å². The molecule has 4 aromatic rings. The van der Waals surface area contributed by atoms with Crippen molar-refractivity contribution in [3.63, 3.8) is 0 Å². The zero-order valence-corrected chi connectivity index (χ0v) is 21.0. The number of benzene rings is 4. The Balaban J connectivity index is 1.94. The molecule has 0 fully saturated rings. The smallest absolute Gasteiger partial charge is 0.342 e. The first kappa shape index (κ1) is 24.5. The van der Waals surface area contributed by atoms with Crippen LogP contribution in [0.5, 0.6) is 0 Å². The van der Waals surface area contributed by atoms with E-state index >= 15 is 0 Å². The quantitative estimate of drug-likeness (QED) is 0.318. The van der Waals surface area contributed by atoms with E-state index in [1.165, 1.54) is 13.2 Å². The van der Waals surface area contributed by atoms with Crippen LogP contribution in [0.3, 0.4) is 0 Å². The van der Waals surface area contributed by atoms with Gasteiger partial charge in [0.1, 0.15) is 11.1 Å². The number of ketones is 1. The summed E-state index contributed by atoms with van der Waals surface area (Å²) in [5.74, 6) is -3.95. The molecule has 0 radical (unpaired) electrons. The predicted molar refractivity (Wildman–Crippen MR) is 148 cm³/mol. The van der Waals surface area contributed by atoms with Crippen LogP contribution in [0.25, 0.3) is 5.76 Å². The monoisotopic (exact) mass is 508 g/mol. The molecule has 6 heteroatoms. The average Bonchev–Trinajstić information content (AvgIpc) is 3.27. The SMILES string of the molecule is COC(=O)C([C@]1(O)OC(c2ccccc2)=CC1=O)=P(c1ccccc1)(c1ccccc1)c1ccccc1. The standard InChI is InChI=1S/C31H25O5P/c1-35-30(33)29(31(34)28(32)22-27(36-31)23-14-6-2-7-15-23)37(24-16-8-3-9-17-24,25-18-10-4-11-19-25)26-20-12-5-13-21-26/h2-22,34H,1H3/t31-/m1/s1. The van der Waals surface area contributed by atoms with Crippen LogP contribution in [0, 0.1) is 0 Å². The van der Waals surface area contributed by atoms with Crippen molar-refractivity contribution >= 4 is 45.6 Å². The Labute approximate surface area is 215 Å². The number of methoxy groups -OCH3 is 1. The number of aliphatic hydroxyl groups is 1. The summed E-state index contributed by atoms with van der Waals surface area (Å²) in [4.78, 5) is 27.4. The van der Waals surface area contributed by atoms with Gasteiger partial charge in [0.05, 0.1) is 7.11 Å². The predicted octanol–water partition coefficient (Wildman–Crippen LogP) is 3.65. The lowest BCUT2D eigenvalue weighted by molar-refractivity contribution is -0.152. The maximum atomic E-state index is 13.8. The third-order valence-electron chi connectivity index (χ3n) is 6.38. The Bertz CT molecular complexity index is 1410. The Morgan fingerprint density at radius 3 is 1.54 bits per heavy atom. The summed E-state index contributed by atoms with van der Waals surface area (Å²) >= 11 is 0. The Morgan fingerprint density at radius 2 is 1.14 bits per heavy atom. The molecule has 5 nitrogen and oxygen atoms in total. The van der Waals surface area contributed by atoms with E-state index in [0.29, 0.717) is 5.56 Å². The van der Waals surface area contributed by atoms with Gasteiger partial charge in [0.15, 0.2) is 0 Å². The minimum absolute atomic E-state index is 0.140. The van der Waals surface area contributed by atoms with Crippen molar-refractivity contribution in [1.29, 1.82) is 0 Å². The highest BCUT2D eigenvalue weighted by atomic mass is 31.2. The van der Waals surface area contributed by atoms with Gasteiger partial charge >= 0.3 is 11.8 Å². The lowest BCUT2D eigenvalue weighted by atomic mass is 10.1. The van der Waals surface area contributed by atoms with Crippen molar-refractivity contribution in [2.24, 2.45) is 0 Å². The molecule has 1 heterocycles. The zero-order valence-electron chi connectivity index (χ0n) is 20.2. The highest BCUT2D eigenvalue weighted by Gasteiger charge is 2.55. The van der Waals surface area contributed by atoms with Crippen LogP contribution in [0.4, 0.5) is 0 Å². The van der Waals surface area contributed by atoms with E-state index in [9.17, 15) is 14.7 Å². The molecule has 0 spiro atoms. The minimum atomic E-state index is -3.19. The van der Waals surface area contributed by atoms with Gasteiger partial charge in [-0.15, -0.1) is 0 Å². The fourth-order valence-corrected chi connectivity index (χ4v) is 9.26. The number of esters is 1. The Kier molecular flexibility index (Phi) is 6.66. The van der Waals surface area contributed by atoms with Crippen LogP contribution in [-0.4, -0.2) is 35.0 Å². The molecule has 0 saturated carbocycles. The molecule has 37 heavy (non-hydrogen) atoms. The minimum Gasteiger partial charge on any atom is -0.465 e. The van der Waals surface area contributed by atoms with E-state index in [-0.39, 0.29) is 11.1 Å². The molecule has 1 aliphatic heterocycles. The lowest BCUT2D eigenvalue weighted by Gasteiger charge is -2.36. The van der Waals surface area contributed by atoms with Crippen molar-refractivity contribution in [2.45, 2.75) is 5.79 Å². The van der Waals surface area contributed by atoms with Crippen molar-refractivity contribution in [2.75, 3.05) is 7.11 Å². The normalized spacial score (nSPS) is 17.0. The summed E-state index contributed by atoms with van der Waals surface area (Å²) in [7, 11) is 1.24. The van der Waals surface area contributed by atoms with E-state index in [2.05, 4.69) is 0 Å². The van der Waals surface area contributed by atoms with Crippen molar-refractivity contribution in [1.82, 2.24) is 0 Å². The largest absolute Gasteiger partial charge is 0.465 e. The summed E-state index contributed by atoms with van der Waals surface area (Å²) in [5, 5.41) is 14.3. The van der Waals surface area contributed by atoms with Gasteiger partial charge in [-0.05, 0) is 22.8 Å². The number of rotatable bonds is 6. The molecular weight excluding hydrogens is 483 g/mol. The molecule has 1 atom stereocenters. The molecule has 0 unspecified atom stereocenters. The van der Waals surface area contributed by atoms with Gasteiger partial charge in [-0.1, -0.05) is 121 Å². The number of ether oxygens (including phenoxy) is 2. The molecule has 5 rings (SSSR count). The topological polar surface area (TPSA) is 72.8 Å². The third kappa shape index (κ3) is 4.13. The third-order valence-corrected chi connectivity index (χ3v) is 10.8. The maximum absolute atomic E-state index is 13.8. The molecule has 0 amide bonds. The van der Waals surface area contributed by atoms with Crippen LogP contribution in [-0.2, 0) is 19.1 Å². The van der Waals surface area contributed by atoms with E-state index in [1.807, 2.05) is 109 Å². The maximum Gasteiger partial charge on any atom is 0.342 e. The number of carbonyl (C=O) groups excluding carboxylic acids is 2. The van der Waals surface area contributed by atoms with E-state index in [0.717, 1.165) is 15.9 Å². The highest BCUT2D eigenvalue weighted by molar-refractivity contribution is 7.96. The second kappa shape index (κ2) is 10.1. The van der Waals surface area contributed by atoms with Gasteiger partial charge in [0.2, 0.25) is 5.78 Å². The number of carbonyl (C=O) groups is 2. The summed E-state index contributed by atoms with van der Waals surface area (Å²) in [6.45, 7) is -3.19. The first-order chi connectivity index (χ1) is 18.0. The average molecular weight is 509 g/mol. The van der Waals surface area contributed by atoms with Crippen LogP contribution < -0.4 is 15.9 Å². The van der Waals surface area contributed by atoms with Gasteiger partial charge in [-0.25, -0.2) is 4.79 Å². The van der Waals surface area contributed by atoms with Crippen LogP contribution in [0.1, 0.15) is 5.56 Å². The summed E-state index contributed by atoms with van der Waals surface area (Å²) in [5.41, 5.74) is 0.610. The molecule has 0 aliphatic carbocycles. The molecule has 4 aromatic carbocycles. The molecule has 0 aromatic heterocycles. The first-order valence-electron chi connectivity index (χ1n) is 11.8. The second-order valence-electron chi connectivity index (χ2n) is 8.50. The molecule has 0 saturated heterocycles. The van der Waals surface area contributed by atoms with E-state index in [1.54, 1.807) is 12.1 Å². The molecule has 1 aliphatic rings. The zero-order chi connectivity index (χ0) is 25.9. The van der Waals surface area contributed by atoms with Gasteiger partial charge < -0.3 is 14.6 Å². The number of hydrogen-bond donors (Lipinski definition) is 1. The molecule has 0 bridgehead atoms. The second-order valence-corrected chi connectivity index (χ2v) is 11.8. The highest BCUT2D eigenvalue weighted by Crippen LogP contribution is 2.50. The summed E-state index contributed by atoms with van der Waals surface area (Å²) in [6.07, 6.45) is 1.24. The van der Waals surface area contributed by atoms with Crippen LogP contribution >= 0.6 is 6.89 Å². The van der Waals surface area contributed by atoms with Gasteiger partial charge in [-0.3, -0.25) is 4.79 Å². The fraction of sp³-hybridized carbons (Fsp3) is 0.0645. The lowest BCUT2D eigenvalue weighted by Crippen LogP contribution is -2.52. The number of hydrogen-bond acceptors (Lipinski definition) is 5. The fourth-order valence-electron chi connectivity index (χ4n) is 4.75. The summed E-state index contributed by atoms with van der Waals surface area (Å²) in [6, 6.07) is 37.3. The van der Waals surface area contributed by atoms with Gasteiger partial charge in [0, 0.05) is 11.6 Å². The van der Waals surface area contributed by atoms with Gasteiger partial charge in [-0.2, -0.15) is 0 Å². The van der Waals surface area contributed by atoms with E-state index in [4.69, 9.17) is 9.47 Å².